The molecule has 2 aromatic carbocycles. The van der Waals surface area contributed by atoms with E-state index in [1.165, 1.54) is 19.2 Å². The number of rotatable bonds is 4. The van der Waals surface area contributed by atoms with Gasteiger partial charge in [0.25, 0.3) is 5.91 Å². The van der Waals surface area contributed by atoms with Crippen molar-refractivity contribution >= 4 is 17.7 Å². The van der Waals surface area contributed by atoms with Gasteiger partial charge in [-0.2, -0.15) is 0 Å². The predicted octanol–water partition coefficient (Wildman–Crippen LogP) is 1.92. The average molecular weight is 425 g/mol. The van der Waals surface area contributed by atoms with E-state index >= 15 is 0 Å². The summed E-state index contributed by atoms with van der Waals surface area (Å²) in [5, 5.41) is 0. The highest BCUT2D eigenvalue weighted by atomic mass is 19.1. The number of ether oxygens (including phenoxy) is 1. The molecule has 0 radical (unpaired) electrons. The Labute approximate surface area is 180 Å². The summed E-state index contributed by atoms with van der Waals surface area (Å²) in [4.78, 5) is 43.5. The lowest BCUT2D eigenvalue weighted by Crippen LogP contribution is -2.59. The molecule has 2 fully saturated rings. The van der Waals surface area contributed by atoms with Crippen molar-refractivity contribution < 1.29 is 23.5 Å². The highest BCUT2D eigenvalue weighted by Gasteiger charge is 2.41. The number of nitrogens with zero attached hydrogens (tertiary/aromatic N) is 3. The van der Waals surface area contributed by atoms with E-state index in [-0.39, 0.29) is 42.1 Å². The van der Waals surface area contributed by atoms with Crippen molar-refractivity contribution in [2.24, 2.45) is 0 Å². The van der Waals surface area contributed by atoms with Crippen LogP contribution in [-0.4, -0.2) is 71.8 Å². The fraction of sp³-hybridized carbons (Fsp3) is 0.348. The van der Waals surface area contributed by atoms with Gasteiger partial charge in [-0.15, -0.1) is 0 Å². The predicted molar refractivity (Wildman–Crippen MR) is 111 cm³/mol. The topological polar surface area (TPSA) is 70.2 Å². The zero-order chi connectivity index (χ0) is 22.0. The number of carbonyl (C=O) groups is 3. The van der Waals surface area contributed by atoms with Crippen molar-refractivity contribution in [3.63, 3.8) is 0 Å². The molecule has 1 atom stereocenters. The van der Waals surface area contributed by atoms with E-state index in [1.54, 1.807) is 14.7 Å². The van der Waals surface area contributed by atoms with Crippen LogP contribution < -0.4 is 4.74 Å². The molecule has 0 aliphatic carbocycles. The zero-order valence-electron chi connectivity index (χ0n) is 17.3. The summed E-state index contributed by atoms with van der Waals surface area (Å²) in [6.45, 7) is 1.29. The second kappa shape index (κ2) is 8.75. The van der Waals surface area contributed by atoms with Crippen LogP contribution >= 0.6 is 0 Å². The molecule has 0 saturated carbocycles. The third-order valence-corrected chi connectivity index (χ3v) is 5.80. The Balaban J connectivity index is 1.47. The van der Waals surface area contributed by atoms with Gasteiger partial charge in [0.1, 0.15) is 12.6 Å². The lowest BCUT2D eigenvalue weighted by molar-refractivity contribution is -0.156. The summed E-state index contributed by atoms with van der Waals surface area (Å²) in [5.41, 5.74) is 1.17. The first-order chi connectivity index (χ1) is 15.0. The molecule has 7 nitrogen and oxygen atoms in total. The molecule has 0 aromatic heterocycles. The second-order valence-electron chi connectivity index (χ2n) is 7.71. The van der Waals surface area contributed by atoms with Gasteiger partial charge in [-0.25, -0.2) is 4.39 Å². The van der Waals surface area contributed by atoms with Gasteiger partial charge in [0.05, 0.1) is 7.11 Å². The number of amides is 3. The Kier molecular flexibility index (Phi) is 5.88. The molecule has 2 aromatic rings. The van der Waals surface area contributed by atoms with E-state index in [9.17, 15) is 18.8 Å². The molecule has 0 N–H and O–H groups in total. The fourth-order valence-corrected chi connectivity index (χ4v) is 4.15. The third kappa shape index (κ3) is 4.23. The summed E-state index contributed by atoms with van der Waals surface area (Å²) >= 11 is 0. The minimum absolute atomic E-state index is 0.0296. The monoisotopic (exact) mass is 425 g/mol. The highest BCUT2D eigenvalue weighted by Crippen LogP contribution is 2.23. The quantitative estimate of drug-likeness (QED) is 0.751. The van der Waals surface area contributed by atoms with Gasteiger partial charge in [0.2, 0.25) is 11.8 Å². The normalized spacial score (nSPS) is 19.2. The van der Waals surface area contributed by atoms with Crippen LogP contribution in [0, 0.1) is 5.82 Å². The van der Waals surface area contributed by atoms with Crippen molar-refractivity contribution in [3.8, 4) is 5.75 Å². The summed E-state index contributed by atoms with van der Waals surface area (Å²) in [7, 11) is 1.36. The van der Waals surface area contributed by atoms with Crippen molar-refractivity contribution in [2.45, 2.75) is 19.0 Å². The molecule has 162 valence electrons. The number of fused-ring (bicyclic) bond motifs is 1. The van der Waals surface area contributed by atoms with E-state index < -0.39 is 11.9 Å². The Morgan fingerprint density at radius 1 is 1.10 bits per heavy atom. The maximum absolute atomic E-state index is 14.0. The maximum atomic E-state index is 14.0. The Morgan fingerprint density at radius 2 is 1.87 bits per heavy atom. The van der Waals surface area contributed by atoms with Gasteiger partial charge in [-0.05, 0) is 30.2 Å². The molecule has 2 aliphatic rings. The van der Waals surface area contributed by atoms with Crippen molar-refractivity contribution in [1.29, 1.82) is 0 Å². The molecule has 0 spiro atoms. The van der Waals surface area contributed by atoms with Crippen LogP contribution in [0.1, 0.15) is 22.3 Å². The number of benzene rings is 2. The number of halogens is 1. The van der Waals surface area contributed by atoms with Gasteiger partial charge in [-0.1, -0.05) is 30.3 Å². The number of hydrogen-bond donors (Lipinski definition) is 0. The lowest BCUT2D eigenvalue weighted by atomic mass is 10.1. The van der Waals surface area contributed by atoms with E-state index in [0.717, 1.165) is 11.6 Å². The largest absolute Gasteiger partial charge is 0.494 e. The van der Waals surface area contributed by atoms with E-state index in [0.29, 0.717) is 26.1 Å². The smallest absolute Gasteiger partial charge is 0.254 e. The molecule has 0 bridgehead atoms. The van der Waals surface area contributed by atoms with Crippen LogP contribution in [0.3, 0.4) is 0 Å². The SMILES string of the molecule is COc1ccc(C(=O)N2CCC3C(=O)N(Cc4ccccc4)CC(=O)N3CC2)cc1F. The highest BCUT2D eigenvalue weighted by molar-refractivity contribution is 5.96. The summed E-state index contributed by atoms with van der Waals surface area (Å²) in [6.07, 6.45) is 0.347. The van der Waals surface area contributed by atoms with Crippen LogP contribution in [-0.2, 0) is 16.1 Å². The Morgan fingerprint density at radius 3 is 2.58 bits per heavy atom. The minimum atomic E-state index is -0.609. The number of hydrogen-bond acceptors (Lipinski definition) is 4. The first-order valence-electron chi connectivity index (χ1n) is 10.2. The van der Waals surface area contributed by atoms with Crippen molar-refractivity contribution in [3.05, 3.63) is 65.5 Å². The Bertz CT molecular complexity index is 998. The van der Waals surface area contributed by atoms with Crippen LogP contribution in [0.15, 0.2) is 48.5 Å². The number of piperazine rings is 1. The Hall–Kier alpha value is -3.42. The number of carbonyl (C=O) groups excluding carboxylic acids is 3. The number of methoxy groups -OCH3 is 1. The molecule has 2 saturated heterocycles. The zero-order valence-corrected chi connectivity index (χ0v) is 17.3. The summed E-state index contributed by atoms with van der Waals surface area (Å²) in [5.74, 6) is -1.09. The van der Waals surface area contributed by atoms with Crippen molar-refractivity contribution in [1.82, 2.24) is 14.7 Å². The molecule has 2 aliphatic heterocycles. The van der Waals surface area contributed by atoms with E-state index in [2.05, 4.69) is 0 Å². The standard InChI is InChI=1S/C23H24FN3O4/c1-31-20-8-7-17(13-18(20)24)22(29)25-10-9-19-23(30)26(14-16-5-3-2-4-6-16)15-21(28)27(19)12-11-25/h2-8,13,19H,9-12,14-15H2,1H3. The molecule has 8 heteroatoms. The van der Waals surface area contributed by atoms with Crippen molar-refractivity contribution in [2.75, 3.05) is 33.3 Å². The van der Waals surface area contributed by atoms with Gasteiger partial charge < -0.3 is 19.4 Å². The molecule has 2 heterocycles. The molecular weight excluding hydrogens is 401 g/mol. The third-order valence-electron chi connectivity index (χ3n) is 5.80. The van der Waals surface area contributed by atoms with Crippen LogP contribution in [0.25, 0.3) is 0 Å². The summed E-state index contributed by atoms with van der Waals surface area (Å²) in [6, 6.07) is 13.0. The summed E-state index contributed by atoms with van der Waals surface area (Å²) < 4.78 is 18.9. The molecule has 31 heavy (non-hydrogen) atoms. The fourth-order valence-electron chi connectivity index (χ4n) is 4.15. The maximum Gasteiger partial charge on any atom is 0.254 e. The van der Waals surface area contributed by atoms with Crippen LogP contribution in [0.5, 0.6) is 5.75 Å². The van der Waals surface area contributed by atoms with Gasteiger partial charge in [-0.3, -0.25) is 14.4 Å². The molecular formula is C23H24FN3O4. The van der Waals surface area contributed by atoms with Crippen LogP contribution in [0.2, 0.25) is 0 Å². The van der Waals surface area contributed by atoms with Gasteiger partial charge in [0.15, 0.2) is 11.6 Å². The second-order valence-corrected chi connectivity index (χ2v) is 7.71. The molecule has 1 unspecified atom stereocenters. The first kappa shape index (κ1) is 20.8. The van der Waals surface area contributed by atoms with Gasteiger partial charge >= 0.3 is 0 Å². The van der Waals surface area contributed by atoms with Gasteiger partial charge in [0, 0.05) is 31.7 Å². The average Bonchev–Trinajstić information content (AvgIpc) is 3.01. The molecule has 3 amide bonds. The minimum Gasteiger partial charge on any atom is -0.494 e. The molecule has 4 rings (SSSR count). The van der Waals surface area contributed by atoms with E-state index in [4.69, 9.17) is 4.74 Å². The lowest BCUT2D eigenvalue weighted by Gasteiger charge is -2.39. The van der Waals surface area contributed by atoms with Crippen LogP contribution in [0.4, 0.5) is 4.39 Å². The van der Waals surface area contributed by atoms with E-state index in [1.807, 2.05) is 30.3 Å². The first-order valence-corrected chi connectivity index (χ1v) is 10.2.